The summed E-state index contributed by atoms with van der Waals surface area (Å²) in [5.74, 6) is -0.227. The van der Waals surface area contributed by atoms with Crippen molar-refractivity contribution in [3.8, 4) is 0 Å². The number of hydrogen-bond donors (Lipinski definition) is 3. The zero-order chi connectivity index (χ0) is 17.1. The van der Waals surface area contributed by atoms with Gasteiger partial charge in [0.2, 0.25) is 5.91 Å². The third-order valence-corrected chi connectivity index (χ3v) is 4.44. The molecule has 0 saturated heterocycles. The molecule has 124 valence electrons. The number of nitrogens with one attached hydrogen (secondary N) is 2. The number of H-pyrrole nitrogens is 1. The maximum absolute atomic E-state index is 12.2. The molecule has 0 aliphatic rings. The van der Waals surface area contributed by atoms with Crippen molar-refractivity contribution in [3.63, 3.8) is 0 Å². The second-order valence-corrected chi connectivity index (χ2v) is 6.35. The van der Waals surface area contributed by atoms with Crippen LogP contribution in [0.5, 0.6) is 0 Å². The summed E-state index contributed by atoms with van der Waals surface area (Å²) in [7, 11) is 0. The van der Waals surface area contributed by atoms with Crippen molar-refractivity contribution < 1.29 is 4.79 Å². The number of hydrogen-bond acceptors (Lipinski definition) is 3. The van der Waals surface area contributed by atoms with Gasteiger partial charge in [-0.3, -0.25) is 4.79 Å². The van der Waals surface area contributed by atoms with Gasteiger partial charge in [0, 0.05) is 24.3 Å². The van der Waals surface area contributed by atoms with Gasteiger partial charge in [0.05, 0.1) is 16.1 Å². The number of nitrogens with zero attached hydrogens (tertiary/aromatic N) is 1. The summed E-state index contributed by atoms with van der Waals surface area (Å²) >= 11 is 11.9. The predicted molar refractivity (Wildman–Crippen MR) is 96.1 cm³/mol. The van der Waals surface area contributed by atoms with Crippen LogP contribution in [0.25, 0.3) is 11.0 Å². The monoisotopic (exact) mass is 362 g/mol. The molecule has 3 aromatic rings. The molecule has 0 bridgehead atoms. The largest absolute Gasteiger partial charge is 0.351 e. The zero-order valence-electron chi connectivity index (χ0n) is 12.7. The summed E-state index contributed by atoms with van der Waals surface area (Å²) in [6.45, 7) is 0.377. The van der Waals surface area contributed by atoms with E-state index in [1.807, 2.05) is 24.4 Å². The lowest BCUT2D eigenvalue weighted by atomic mass is 10.1. The molecule has 2 heterocycles. The van der Waals surface area contributed by atoms with Crippen LogP contribution in [0, 0.1) is 0 Å². The van der Waals surface area contributed by atoms with Crippen LogP contribution in [0.3, 0.4) is 0 Å². The van der Waals surface area contributed by atoms with E-state index in [0.717, 1.165) is 22.2 Å². The van der Waals surface area contributed by atoms with Gasteiger partial charge in [-0.2, -0.15) is 0 Å². The third kappa shape index (κ3) is 3.87. The molecule has 7 heteroatoms. The van der Waals surface area contributed by atoms with Gasteiger partial charge in [0.1, 0.15) is 5.65 Å². The van der Waals surface area contributed by atoms with Gasteiger partial charge in [-0.05, 0) is 41.8 Å². The number of rotatable bonds is 5. The molecule has 0 spiro atoms. The summed E-state index contributed by atoms with van der Waals surface area (Å²) in [6, 6.07) is 8.48. The van der Waals surface area contributed by atoms with E-state index < -0.39 is 6.04 Å². The lowest BCUT2D eigenvalue weighted by molar-refractivity contribution is -0.122. The van der Waals surface area contributed by atoms with Crippen molar-refractivity contribution in [2.75, 3.05) is 0 Å². The molecule has 0 radical (unpaired) electrons. The Labute approximate surface area is 149 Å². The van der Waals surface area contributed by atoms with E-state index in [2.05, 4.69) is 15.3 Å². The van der Waals surface area contributed by atoms with E-state index >= 15 is 0 Å². The Balaban J connectivity index is 1.58. The molecule has 5 nitrogen and oxygen atoms in total. The van der Waals surface area contributed by atoms with Gasteiger partial charge >= 0.3 is 0 Å². The molecule has 1 aromatic carbocycles. The molecule has 4 N–H and O–H groups in total. The van der Waals surface area contributed by atoms with Crippen LogP contribution < -0.4 is 11.1 Å². The number of pyridine rings is 1. The lowest BCUT2D eigenvalue weighted by Crippen LogP contribution is -2.41. The van der Waals surface area contributed by atoms with Crippen LogP contribution in [0.15, 0.2) is 42.7 Å². The molecule has 0 saturated carbocycles. The van der Waals surface area contributed by atoms with Crippen molar-refractivity contribution in [1.29, 1.82) is 0 Å². The summed E-state index contributed by atoms with van der Waals surface area (Å²) in [5, 5.41) is 4.76. The van der Waals surface area contributed by atoms with Gasteiger partial charge in [0.25, 0.3) is 0 Å². The topological polar surface area (TPSA) is 83.8 Å². The van der Waals surface area contributed by atoms with Crippen LogP contribution in [0.4, 0.5) is 0 Å². The summed E-state index contributed by atoms with van der Waals surface area (Å²) in [5.41, 5.74) is 8.56. The number of aromatic amines is 1. The first kappa shape index (κ1) is 16.8. The van der Waals surface area contributed by atoms with Crippen molar-refractivity contribution >= 4 is 40.1 Å². The molecule has 3 rings (SSSR count). The van der Waals surface area contributed by atoms with Gasteiger partial charge in [0.15, 0.2) is 0 Å². The Morgan fingerprint density at radius 3 is 2.83 bits per heavy atom. The standard InChI is InChI=1S/C17H16Cl2N4O/c18-13-2-1-10(6-14(13)19)7-15(20)17(24)23-9-11-5-12-3-4-21-16(12)22-8-11/h1-6,8,15H,7,9,20H2,(H,21,22)(H,23,24). The number of halogens is 2. The highest BCUT2D eigenvalue weighted by molar-refractivity contribution is 6.42. The van der Waals surface area contributed by atoms with Crippen LogP contribution in [0.1, 0.15) is 11.1 Å². The van der Waals surface area contributed by atoms with Crippen LogP contribution in [-0.4, -0.2) is 21.9 Å². The van der Waals surface area contributed by atoms with Crippen molar-refractivity contribution in [1.82, 2.24) is 15.3 Å². The van der Waals surface area contributed by atoms with Crippen LogP contribution >= 0.6 is 23.2 Å². The molecular weight excluding hydrogens is 347 g/mol. The SMILES string of the molecule is NC(Cc1ccc(Cl)c(Cl)c1)C(=O)NCc1cnc2[nH]ccc2c1. The van der Waals surface area contributed by atoms with Gasteiger partial charge < -0.3 is 16.0 Å². The molecule has 2 aromatic heterocycles. The molecule has 0 fully saturated rings. The number of benzene rings is 1. The first-order valence-corrected chi connectivity index (χ1v) is 8.18. The Hall–Kier alpha value is -2.08. The van der Waals surface area contributed by atoms with Crippen molar-refractivity contribution in [2.24, 2.45) is 5.73 Å². The second-order valence-electron chi connectivity index (χ2n) is 5.54. The van der Waals surface area contributed by atoms with Gasteiger partial charge in [-0.25, -0.2) is 4.98 Å². The summed E-state index contributed by atoms with van der Waals surface area (Å²) in [4.78, 5) is 19.5. The average molecular weight is 363 g/mol. The number of fused-ring (bicyclic) bond motifs is 1. The summed E-state index contributed by atoms with van der Waals surface area (Å²) in [6.07, 6.45) is 3.94. The maximum atomic E-state index is 12.2. The number of amides is 1. The molecule has 0 aliphatic heterocycles. The van der Waals surface area contributed by atoms with Crippen molar-refractivity contribution in [3.05, 3.63) is 63.9 Å². The Morgan fingerprint density at radius 2 is 2.04 bits per heavy atom. The molecule has 24 heavy (non-hydrogen) atoms. The Bertz CT molecular complexity index is 878. The van der Waals surface area contributed by atoms with E-state index in [4.69, 9.17) is 28.9 Å². The van der Waals surface area contributed by atoms with Crippen LogP contribution in [-0.2, 0) is 17.8 Å². The molecule has 1 unspecified atom stereocenters. The number of nitrogens with two attached hydrogens (primary N) is 1. The highest BCUT2D eigenvalue weighted by Gasteiger charge is 2.14. The van der Waals surface area contributed by atoms with Gasteiger partial charge in [-0.15, -0.1) is 0 Å². The number of carbonyl (C=O) groups excluding carboxylic acids is 1. The first-order chi connectivity index (χ1) is 11.5. The smallest absolute Gasteiger partial charge is 0.237 e. The van der Waals surface area contributed by atoms with E-state index in [1.165, 1.54) is 0 Å². The van der Waals surface area contributed by atoms with E-state index in [9.17, 15) is 4.79 Å². The lowest BCUT2D eigenvalue weighted by Gasteiger charge is -2.13. The second kappa shape index (κ2) is 7.21. The first-order valence-electron chi connectivity index (χ1n) is 7.42. The fourth-order valence-electron chi connectivity index (χ4n) is 2.42. The fourth-order valence-corrected chi connectivity index (χ4v) is 2.74. The zero-order valence-corrected chi connectivity index (χ0v) is 14.2. The minimum Gasteiger partial charge on any atom is -0.351 e. The van der Waals surface area contributed by atoms with Crippen LogP contribution in [0.2, 0.25) is 10.0 Å². The highest BCUT2D eigenvalue weighted by Crippen LogP contribution is 2.23. The molecule has 0 aliphatic carbocycles. The minimum absolute atomic E-state index is 0.227. The normalized spacial score (nSPS) is 12.3. The van der Waals surface area contributed by atoms with Gasteiger partial charge in [-0.1, -0.05) is 29.3 Å². The molecule has 1 atom stereocenters. The predicted octanol–water partition coefficient (Wildman–Crippen LogP) is 3.06. The number of carbonyl (C=O) groups is 1. The summed E-state index contributed by atoms with van der Waals surface area (Å²) < 4.78 is 0. The minimum atomic E-state index is -0.661. The maximum Gasteiger partial charge on any atom is 0.237 e. The average Bonchev–Trinajstić information content (AvgIpc) is 3.03. The third-order valence-electron chi connectivity index (χ3n) is 3.70. The van der Waals surface area contributed by atoms with Crippen molar-refractivity contribution in [2.45, 2.75) is 19.0 Å². The number of aromatic nitrogens is 2. The Morgan fingerprint density at radius 1 is 1.21 bits per heavy atom. The Kier molecular flexibility index (Phi) is 5.04. The fraction of sp³-hybridized carbons (Fsp3) is 0.176. The molecular formula is C17H16Cl2N4O. The quantitative estimate of drug-likeness (QED) is 0.652. The van der Waals surface area contributed by atoms with E-state index in [1.54, 1.807) is 18.3 Å². The van der Waals surface area contributed by atoms with E-state index in [0.29, 0.717) is 23.0 Å². The molecule has 1 amide bonds. The van der Waals surface area contributed by atoms with E-state index in [-0.39, 0.29) is 5.91 Å². The highest BCUT2D eigenvalue weighted by atomic mass is 35.5.